The normalized spacial score (nSPS) is 17.9. The number of hydrogen-bond donors (Lipinski definition) is 1. The molecule has 0 saturated carbocycles. The van der Waals surface area contributed by atoms with Crippen molar-refractivity contribution >= 4 is 17.0 Å². The van der Waals surface area contributed by atoms with Crippen LogP contribution in [0.25, 0.3) is 11.0 Å². The molecule has 2 aliphatic rings. The van der Waals surface area contributed by atoms with Crippen LogP contribution in [0.2, 0.25) is 0 Å². The SMILES string of the molecule is N#Cc1ccc(COc2nc(C3CCN(Cc4nc5ccc(C(=O)O)cc5n4C[C@@H]4CCCO4)CC3)ccc2F)cc1. The predicted molar refractivity (Wildman–Crippen MR) is 153 cm³/mol. The van der Waals surface area contributed by atoms with E-state index in [1.807, 2.05) is 0 Å². The lowest BCUT2D eigenvalue weighted by Crippen LogP contribution is -2.34. The number of nitriles is 1. The number of aromatic nitrogens is 3. The molecule has 2 aromatic carbocycles. The Kier molecular flexibility index (Phi) is 8.13. The summed E-state index contributed by atoms with van der Waals surface area (Å²) in [5.74, 6) is -0.380. The third-order valence-corrected chi connectivity index (χ3v) is 8.15. The minimum absolute atomic E-state index is 0.0112. The van der Waals surface area contributed by atoms with Gasteiger partial charge in [0, 0.05) is 18.2 Å². The van der Waals surface area contributed by atoms with Crippen LogP contribution in [0.5, 0.6) is 5.88 Å². The zero-order chi connectivity index (χ0) is 29.1. The van der Waals surface area contributed by atoms with Crippen molar-refractivity contribution in [3.8, 4) is 11.9 Å². The highest BCUT2D eigenvalue weighted by Gasteiger charge is 2.26. The number of hydrogen-bond acceptors (Lipinski definition) is 7. The topological polar surface area (TPSA) is 114 Å². The van der Waals surface area contributed by atoms with Gasteiger partial charge >= 0.3 is 5.97 Å². The molecule has 0 unspecified atom stereocenters. The van der Waals surface area contributed by atoms with Gasteiger partial charge in [-0.3, -0.25) is 4.90 Å². The number of rotatable bonds is 9. The summed E-state index contributed by atoms with van der Waals surface area (Å²) in [6.45, 7) is 3.87. The lowest BCUT2D eigenvalue weighted by atomic mass is 9.93. The van der Waals surface area contributed by atoms with Gasteiger partial charge in [0.2, 0.25) is 0 Å². The molecule has 216 valence electrons. The molecule has 0 bridgehead atoms. The number of benzene rings is 2. The van der Waals surface area contributed by atoms with E-state index in [9.17, 15) is 14.3 Å². The molecule has 0 radical (unpaired) electrons. The van der Waals surface area contributed by atoms with E-state index in [2.05, 4.69) is 20.5 Å². The molecule has 4 heterocycles. The molecule has 0 amide bonds. The van der Waals surface area contributed by atoms with Gasteiger partial charge in [-0.1, -0.05) is 12.1 Å². The second-order valence-electron chi connectivity index (χ2n) is 11.0. The molecule has 2 saturated heterocycles. The van der Waals surface area contributed by atoms with Crippen molar-refractivity contribution in [2.24, 2.45) is 0 Å². The van der Waals surface area contributed by atoms with Gasteiger partial charge in [-0.2, -0.15) is 5.26 Å². The van der Waals surface area contributed by atoms with Crippen molar-refractivity contribution in [3.05, 3.63) is 88.6 Å². The number of aromatic carboxylic acids is 1. The number of carboxylic acid groups (broad SMARTS) is 1. The van der Waals surface area contributed by atoms with Crippen molar-refractivity contribution in [1.82, 2.24) is 19.4 Å². The Morgan fingerprint density at radius 2 is 1.90 bits per heavy atom. The Hall–Kier alpha value is -4.33. The highest BCUT2D eigenvalue weighted by molar-refractivity contribution is 5.92. The van der Waals surface area contributed by atoms with Crippen molar-refractivity contribution in [3.63, 3.8) is 0 Å². The van der Waals surface area contributed by atoms with E-state index in [0.29, 0.717) is 18.7 Å². The number of nitrogens with zero attached hydrogens (tertiary/aromatic N) is 5. The van der Waals surface area contributed by atoms with Gasteiger partial charge in [0.05, 0.1) is 47.4 Å². The third kappa shape index (κ3) is 6.12. The monoisotopic (exact) mass is 569 g/mol. The molecule has 10 heteroatoms. The number of piperidine rings is 1. The molecule has 4 aromatic rings. The zero-order valence-corrected chi connectivity index (χ0v) is 23.2. The average Bonchev–Trinajstić information content (AvgIpc) is 3.65. The number of likely N-dealkylation sites (tertiary alicyclic amines) is 1. The standard InChI is InChI=1S/C32H32FN5O4/c33-26-8-10-27(36-31(26)42-20-22-5-3-21(17-34)4-6-22)23-11-13-37(14-12-23)19-30-35-28-9-7-24(32(39)40)16-29(28)38(30)18-25-2-1-15-41-25/h3-10,16,23,25H,1-2,11-15,18-20H2,(H,39,40)/t25-/m0/s1. The van der Waals surface area contributed by atoms with E-state index in [1.54, 1.807) is 48.5 Å². The molecule has 42 heavy (non-hydrogen) atoms. The van der Waals surface area contributed by atoms with Gasteiger partial charge in [0.25, 0.3) is 5.88 Å². The van der Waals surface area contributed by atoms with Crippen LogP contribution in [0.15, 0.2) is 54.6 Å². The molecular weight excluding hydrogens is 537 g/mol. The van der Waals surface area contributed by atoms with Crippen LogP contribution in [-0.4, -0.2) is 56.3 Å². The molecule has 1 N–H and O–H groups in total. The molecule has 0 aliphatic carbocycles. The molecule has 0 spiro atoms. The fourth-order valence-corrected chi connectivity index (χ4v) is 5.80. The summed E-state index contributed by atoms with van der Waals surface area (Å²) in [6.07, 6.45) is 3.83. The predicted octanol–water partition coefficient (Wildman–Crippen LogP) is 5.28. The first-order valence-corrected chi connectivity index (χ1v) is 14.3. The number of fused-ring (bicyclic) bond motifs is 1. The summed E-state index contributed by atoms with van der Waals surface area (Å²) in [7, 11) is 0. The largest absolute Gasteiger partial charge is 0.478 e. The Labute approximate surface area is 243 Å². The first-order chi connectivity index (χ1) is 20.5. The summed E-state index contributed by atoms with van der Waals surface area (Å²) in [5, 5.41) is 18.5. The third-order valence-electron chi connectivity index (χ3n) is 8.15. The lowest BCUT2D eigenvalue weighted by molar-refractivity contribution is 0.0697. The highest BCUT2D eigenvalue weighted by Crippen LogP contribution is 2.30. The van der Waals surface area contributed by atoms with Crippen LogP contribution in [0.1, 0.15) is 64.6 Å². The zero-order valence-electron chi connectivity index (χ0n) is 23.2. The minimum Gasteiger partial charge on any atom is -0.478 e. The minimum atomic E-state index is -0.956. The fourth-order valence-electron chi connectivity index (χ4n) is 5.80. The summed E-state index contributed by atoms with van der Waals surface area (Å²) in [5.41, 5.74) is 4.06. The van der Waals surface area contributed by atoms with Crippen molar-refractivity contribution in [2.45, 2.75) is 57.4 Å². The molecule has 2 aliphatic heterocycles. The maximum absolute atomic E-state index is 14.5. The number of carbonyl (C=O) groups is 1. The Bertz CT molecular complexity index is 1620. The molecule has 6 rings (SSSR count). The summed E-state index contributed by atoms with van der Waals surface area (Å²) in [4.78, 5) is 23.4. The molecule has 9 nitrogen and oxygen atoms in total. The maximum atomic E-state index is 14.5. The van der Waals surface area contributed by atoms with E-state index < -0.39 is 11.8 Å². The van der Waals surface area contributed by atoms with Gasteiger partial charge in [0.15, 0.2) is 5.82 Å². The first kappa shape index (κ1) is 27.8. The van der Waals surface area contributed by atoms with Gasteiger partial charge in [-0.05, 0) is 86.8 Å². The van der Waals surface area contributed by atoms with Crippen molar-refractivity contribution < 1.29 is 23.8 Å². The van der Waals surface area contributed by atoms with Crippen molar-refractivity contribution in [1.29, 1.82) is 5.26 Å². The summed E-state index contributed by atoms with van der Waals surface area (Å²) >= 11 is 0. The van der Waals surface area contributed by atoms with Gasteiger partial charge in [-0.25, -0.2) is 19.2 Å². The van der Waals surface area contributed by atoms with Gasteiger partial charge < -0.3 is 19.1 Å². The van der Waals surface area contributed by atoms with E-state index >= 15 is 0 Å². The Morgan fingerprint density at radius 3 is 2.62 bits per heavy atom. The average molecular weight is 570 g/mol. The van der Waals surface area contributed by atoms with E-state index in [4.69, 9.17) is 19.7 Å². The smallest absolute Gasteiger partial charge is 0.335 e. The lowest BCUT2D eigenvalue weighted by Gasteiger charge is -2.31. The Balaban J connectivity index is 1.12. The number of halogens is 1. The van der Waals surface area contributed by atoms with Crippen LogP contribution >= 0.6 is 0 Å². The number of ether oxygens (including phenoxy) is 2. The van der Waals surface area contributed by atoms with Crippen LogP contribution in [0, 0.1) is 17.1 Å². The Morgan fingerprint density at radius 1 is 1.10 bits per heavy atom. The maximum Gasteiger partial charge on any atom is 0.335 e. The van der Waals surface area contributed by atoms with Crippen LogP contribution in [-0.2, 0) is 24.4 Å². The quantitative estimate of drug-likeness (QED) is 0.290. The molecule has 1 atom stereocenters. The van der Waals surface area contributed by atoms with Crippen LogP contribution in [0.4, 0.5) is 4.39 Å². The first-order valence-electron chi connectivity index (χ1n) is 14.3. The van der Waals surface area contributed by atoms with E-state index in [0.717, 1.165) is 73.5 Å². The van der Waals surface area contributed by atoms with Crippen molar-refractivity contribution in [2.75, 3.05) is 19.7 Å². The second kappa shape index (κ2) is 12.3. The van der Waals surface area contributed by atoms with E-state index in [-0.39, 0.29) is 30.1 Å². The summed E-state index contributed by atoms with van der Waals surface area (Å²) in [6, 6.07) is 17.3. The molecule has 2 aromatic heterocycles. The number of carboxylic acids is 1. The number of imidazole rings is 1. The highest BCUT2D eigenvalue weighted by atomic mass is 19.1. The second-order valence-corrected chi connectivity index (χ2v) is 11.0. The van der Waals surface area contributed by atoms with Gasteiger partial charge in [0.1, 0.15) is 12.4 Å². The van der Waals surface area contributed by atoms with Crippen LogP contribution in [0.3, 0.4) is 0 Å². The van der Waals surface area contributed by atoms with Crippen LogP contribution < -0.4 is 4.74 Å². The fraction of sp³-hybridized carbons (Fsp3) is 0.375. The number of pyridine rings is 1. The van der Waals surface area contributed by atoms with E-state index in [1.165, 1.54) is 6.07 Å². The molecule has 2 fully saturated rings. The van der Waals surface area contributed by atoms with Gasteiger partial charge in [-0.15, -0.1) is 0 Å². The molecular formula is C32H32FN5O4. The summed E-state index contributed by atoms with van der Waals surface area (Å²) < 4.78 is 28.2.